The zero-order valence-corrected chi connectivity index (χ0v) is 9.61. The molecule has 1 atom stereocenters. The van der Waals surface area contributed by atoms with Gasteiger partial charge in [0.1, 0.15) is 0 Å². The molecule has 16 heavy (non-hydrogen) atoms. The first-order chi connectivity index (χ1) is 7.74. The number of hydrogen-bond donors (Lipinski definition) is 1. The maximum Gasteiger partial charge on any atom is 0.224 e. The fraction of sp³-hybridized carbons (Fsp3) is 0.583. The molecular weight excluding hydrogens is 204 g/mol. The van der Waals surface area contributed by atoms with Gasteiger partial charge in [-0.25, -0.2) is 0 Å². The van der Waals surface area contributed by atoms with Gasteiger partial charge in [-0.05, 0) is 24.5 Å². The molecule has 0 aromatic carbocycles. The standard InChI is InChI=1S/C12H18N2O2/c1-14-5-4-10(9-14)7-12(15)13-8-11-3-2-6-16-11/h4-5,9,11H,2-3,6-8H2,1H3,(H,13,15). The summed E-state index contributed by atoms with van der Waals surface area (Å²) in [5, 5.41) is 2.91. The first-order valence-electron chi connectivity index (χ1n) is 5.73. The van der Waals surface area contributed by atoms with Crippen LogP contribution >= 0.6 is 0 Å². The van der Waals surface area contributed by atoms with E-state index in [2.05, 4.69) is 5.32 Å². The molecule has 0 spiro atoms. The second-order valence-electron chi connectivity index (χ2n) is 4.30. The lowest BCUT2D eigenvalue weighted by Crippen LogP contribution is -2.32. The number of ether oxygens (including phenoxy) is 1. The summed E-state index contributed by atoms with van der Waals surface area (Å²) >= 11 is 0. The summed E-state index contributed by atoms with van der Waals surface area (Å²) in [4.78, 5) is 11.6. The second kappa shape index (κ2) is 5.16. The number of carbonyl (C=O) groups is 1. The van der Waals surface area contributed by atoms with Crippen molar-refractivity contribution >= 4 is 5.91 Å². The van der Waals surface area contributed by atoms with E-state index in [9.17, 15) is 4.79 Å². The lowest BCUT2D eigenvalue weighted by atomic mass is 10.2. The van der Waals surface area contributed by atoms with Gasteiger partial charge in [-0.1, -0.05) is 0 Å². The highest BCUT2D eigenvalue weighted by atomic mass is 16.5. The zero-order valence-electron chi connectivity index (χ0n) is 9.61. The third kappa shape index (κ3) is 3.10. The van der Waals surface area contributed by atoms with Crippen LogP contribution in [-0.2, 0) is 23.0 Å². The van der Waals surface area contributed by atoms with Gasteiger partial charge in [0.25, 0.3) is 0 Å². The first kappa shape index (κ1) is 11.2. The van der Waals surface area contributed by atoms with Gasteiger partial charge < -0.3 is 14.6 Å². The lowest BCUT2D eigenvalue weighted by Gasteiger charge is -2.10. The highest BCUT2D eigenvalue weighted by Gasteiger charge is 2.16. The molecule has 1 unspecified atom stereocenters. The minimum absolute atomic E-state index is 0.0710. The molecule has 1 aromatic rings. The zero-order chi connectivity index (χ0) is 11.4. The fourth-order valence-corrected chi connectivity index (χ4v) is 1.95. The number of amides is 1. The highest BCUT2D eigenvalue weighted by molar-refractivity contribution is 5.78. The van der Waals surface area contributed by atoms with Crippen LogP contribution in [0.25, 0.3) is 0 Å². The Morgan fingerprint density at radius 2 is 2.56 bits per heavy atom. The van der Waals surface area contributed by atoms with Gasteiger partial charge in [-0.3, -0.25) is 4.79 Å². The van der Waals surface area contributed by atoms with Crippen molar-refractivity contribution in [2.75, 3.05) is 13.2 Å². The van der Waals surface area contributed by atoms with Crippen LogP contribution in [0.4, 0.5) is 0 Å². The number of nitrogens with one attached hydrogen (secondary N) is 1. The van der Waals surface area contributed by atoms with Crippen molar-refractivity contribution in [3.8, 4) is 0 Å². The van der Waals surface area contributed by atoms with E-state index in [0.29, 0.717) is 13.0 Å². The van der Waals surface area contributed by atoms with Gasteiger partial charge in [0.05, 0.1) is 12.5 Å². The molecule has 2 heterocycles. The fourth-order valence-electron chi connectivity index (χ4n) is 1.95. The van der Waals surface area contributed by atoms with Crippen LogP contribution in [0.3, 0.4) is 0 Å². The molecule has 0 radical (unpaired) electrons. The number of nitrogens with zero attached hydrogens (tertiary/aromatic N) is 1. The van der Waals surface area contributed by atoms with Gasteiger partial charge >= 0.3 is 0 Å². The largest absolute Gasteiger partial charge is 0.376 e. The Morgan fingerprint density at radius 1 is 1.69 bits per heavy atom. The van der Waals surface area contributed by atoms with Crippen LogP contribution in [0, 0.1) is 0 Å². The van der Waals surface area contributed by atoms with Crippen molar-refractivity contribution in [2.45, 2.75) is 25.4 Å². The van der Waals surface area contributed by atoms with E-state index in [1.54, 1.807) is 0 Å². The summed E-state index contributed by atoms with van der Waals surface area (Å²) in [6.07, 6.45) is 6.76. The van der Waals surface area contributed by atoms with E-state index in [1.165, 1.54) is 0 Å². The average Bonchev–Trinajstić information content (AvgIpc) is 2.87. The summed E-state index contributed by atoms with van der Waals surface area (Å²) in [6, 6.07) is 1.96. The van der Waals surface area contributed by atoms with Gasteiger partial charge in [0.2, 0.25) is 5.91 Å². The molecule has 4 nitrogen and oxygen atoms in total. The van der Waals surface area contributed by atoms with Crippen molar-refractivity contribution in [3.63, 3.8) is 0 Å². The summed E-state index contributed by atoms with van der Waals surface area (Å²) in [6.45, 7) is 1.48. The van der Waals surface area contributed by atoms with Crippen molar-refractivity contribution in [1.82, 2.24) is 9.88 Å². The van der Waals surface area contributed by atoms with E-state index < -0.39 is 0 Å². The molecule has 0 bridgehead atoms. The Kier molecular flexibility index (Phi) is 3.62. The molecule has 1 aliphatic heterocycles. The normalized spacial score (nSPS) is 19.9. The van der Waals surface area contributed by atoms with Crippen LogP contribution < -0.4 is 5.32 Å². The Balaban J connectivity index is 1.71. The van der Waals surface area contributed by atoms with Crippen LogP contribution in [0.15, 0.2) is 18.5 Å². The van der Waals surface area contributed by atoms with Crippen molar-refractivity contribution in [2.24, 2.45) is 7.05 Å². The van der Waals surface area contributed by atoms with Gasteiger partial charge in [-0.2, -0.15) is 0 Å². The Bertz CT molecular complexity index is 354. The molecule has 88 valence electrons. The molecule has 1 fully saturated rings. The Hall–Kier alpha value is -1.29. The van der Waals surface area contributed by atoms with Gasteiger partial charge in [0.15, 0.2) is 0 Å². The van der Waals surface area contributed by atoms with Crippen LogP contribution in [-0.4, -0.2) is 29.7 Å². The van der Waals surface area contributed by atoms with Crippen molar-refractivity contribution < 1.29 is 9.53 Å². The average molecular weight is 222 g/mol. The topological polar surface area (TPSA) is 43.3 Å². The Morgan fingerprint density at radius 3 is 3.19 bits per heavy atom. The number of aryl methyl sites for hydroxylation is 1. The second-order valence-corrected chi connectivity index (χ2v) is 4.30. The first-order valence-corrected chi connectivity index (χ1v) is 5.73. The molecule has 1 aromatic heterocycles. The van der Waals surface area contributed by atoms with Gasteiger partial charge in [0, 0.05) is 32.6 Å². The summed E-state index contributed by atoms with van der Waals surface area (Å²) < 4.78 is 7.39. The van der Waals surface area contributed by atoms with E-state index >= 15 is 0 Å². The minimum Gasteiger partial charge on any atom is -0.376 e. The molecule has 1 aliphatic rings. The maximum atomic E-state index is 11.6. The summed E-state index contributed by atoms with van der Waals surface area (Å²) in [5.74, 6) is 0.0710. The van der Waals surface area contributed by atoms with E-state index in [4.69, 9.17) is 4.74 Å². The van der Waals surface area contributed by atoms with Crippen LogP contribution in [0.5, 0.6) is 0 Å². The van der Waals surface area contributed by atoms with Gasteiger partial charge in [-0.15, -0.1) is 0 Å². The van der Waals surface area contributed by atoms with Crippen LogP contribution in [0.1, 0.15) is 18.4 Å². The smallest absolute Gasteiger partial charge is 0.224 e. The monoisotopic (exact) mass is 222 g/mol. The minimum atomic E-state index is 0.0710. The molecular formula is C12H18N2O2. The number of rotatable bonds is 4. The summed E-state index contributed by atoms with van der Waals surface area (Å²) in [7, 11) is 1.95. The number of carbonyl (C=O) groups excluding carboxylic acids is 1. The third-order valence-corrected chi connectivity index (χ3v) is 2.81. The molecule has 1 amide bonds. The van der Waals surface area contributed by atoms with Crippen LogP contribution in [0.2, 0.25) is 0 Å². The predicted molar refractivity (Wildman–Crippen MR) is 61.1 cm³/mol. The molecule has 4 heteroatoms. The molecule has 1 saturated heterocycles. The molecule has 0 aliphatic carbocycles. The molecule has 1 N–H and O–H groups in total. The SMILES string of the molecule is Cn1ccc(CC(=O)NCC2CCCO2)c1. The maximum absolute atomic E-state index is 11.6. The van der Waals surface area contributed by atoms with E-state index in [0.717, 1.165) is 25.0 Å². The van der Waals surface area contributed by atoms with E-state index in [1.807, 2.05) is 30.1 Å². The number of aromatic nitrogens is 1. The predicted octanol–water partition coefficient (Wildman–Crippen LogP) is 0.863. The quantitative estimate of drug-likeness (QED) is 0.821. The van der Waals surface area contributed by atoms with E-state index in [-0.39, 0.29) is 12.0 Å². The molecule has 0 saturated carbocycles. The summed E-state index contributed by atoms with van der Waals surface area (Å²) in [5.41, 5.74) is 1.05. The number of hydrogen-bond acceptors (Lipinski definition) is 2. The van der Waals surface area contributed by atoms with Crippen molar-refractivity contribution in [1.29, 1.82) is 0 Å². The Labute approximate surface area is 95.6 Å². The third-order valence-electron chi connectivity index (χ3n) is 2.81. The van der Waals surface area contributed by atoms with Crippen molar-refractivity contribution in [3.05, 3.63) is 24.0 Å². The highest BCUT2D eigenvalue weighted by Crippen LogP contribution is 2.10. The lowest BCUT2D eigenvalue weighted by molar-refractivity contribution is -0.120. The molecule has 2 rings (SSSR count).